The van der Waals surface area contributed by atoms with Gasteiger partial charge in [0, 0.05) is 39.0 Å². The van der Waals surface area contributed by atoms with Crippen LogP contribution in [0, 0.1) is 6.92 Å². The number of aromatic nitrogens is 2. The molecule has 2 saturated heterocycles. The van der Waals surface area contributed by atoms with E-state index in [-0.39, 0.29) is 18.1 Å². The lowest BCUT2D eigenvalue weighted by molar-refractivity contribution is 0.0664. The summed E-state index contributed by atoms with van der Waals surface area (Å²) in [4.78, 5) is 26.1. The van der Waals surface area contributed by atoms with Crippen molar-refractivity contribution in [3.05, 3.63) is 17.5 Å². The molecule has 2 aliphatic heterocycles. The highest BCUT2D eigenvalue weighted by Crippen LogP contribution is 2.24. The molecule has 3 heterocycles. The van der Waals surface area contributed by atoms with E-state index in [1.165, 1.54) is 12.8 Å². The van der Waals surface area contributed by atoms with E-state index in [1.807, 2.05) is 11.8 Å². The quantitative estimate of drug-likeness (QED) is 0.872. The van der Waals surface area contributed by atoms with Gasteiger partial charge in [-0.05, 0) is 45.3 Å². The van der Waals surface area contributed by atoms with Crippen molar-refractivity contribution in [2.75, 3.05) is 45.7 Å². The predicted molar refractivity (Wildman–Crippen MR) is 92.2 cm³/mol. The Hall–Kier alpha value is -1.73. The molecule has 2 atom stereocenters. The van der Waals surface area contributed by atoms with Gasteiger partial charge in [-0.1, -0.05) is 0 Å². The zero-order valence-electron chi connectivity index (χ0n) is 14.8. The van der Waals surface area contributed by atoms with Crippen LogP contribution >= 0.6 is 0 Å². The second kappa shape index (κ2) is 7.44. The van der Waals surface area contributed by atoms with Crippen molar-refractivity contribution < 1.29 is 9.53 Å². The van der Waals surface area contributed by atoms with Gasteiger partial charge >= 0.3 is 0 Å². The van der Waals surface area contributed by atoms with E-state index in [2.05, 4.69) is 20.2 Å². The smallest absolute Gasteiger partial charge is 0.273 e. The third-order valence-corrected chi connectivity index (χ3v) is 4.93. The van der Waals surface area contributed by atoms with Crippen LogP contribution in [0.5, 0.6) is 0 Å². The van der Waals surface area contributed by atoms with Gasteiger partial charge in [-0.25, -0.2) is 9.97 Å². The zero-order valence-corrected chi connectivity index (χ0v) is 14.8. The number of anilines is 1. The molecule has 1 N–H and O–H groups in total. The summed E-state index contributed by atoms with van der Waals surface area (Å²) in [7, 11) is 3.48. The molecule has 0 aliphatic carbocycles. The van der Waals surface area contributed by atoms with Crippen LogP contribution in [0.25, 0.3) is 0 Å². The summed E-state index contributed by atoms with van der Waals surface area (Å²) in [5, 5.41) is 2.92. The van der Waals surface area contributed by atoms with Gasteiger partial charge in [0.05, 0.1) is 6.10 Å². The topological polar surface area (TPSA) is 70.6 Å². The summed E-state index contributed by atoms with van der Waals surface area (Å²) in [6, 6.07) is 1.95. The van der Waals surface area contributed by atoms with Gasteiger partial charge < -0.3 is 19.9 Å². The minimum atomic E-state index is -0.0271. The highest BCUT2D eigenvalue weighted by molar-refractivity contribution is 5.93. The maximum absolute atomic E-state index is 13.0. The summed E-state index contributed by atoms with van der Waals surface area (Å²) in [6.45, 7) is 5.70. The first kappa shape index (κ1) is 17.1. The third kappa shape index (κ3) is 3.67. The number of carbonyl (C=O) groups excluding carboxylic acids is 1. The Morgan fingerprint density at radius 1 is 1.38 bits per heavy atom. The highest BCUT2D eigenvalue weighted by Gasteiger charge is 2.37. The second-order valence-corrected chi connectivity index (χ2v) is 6.68. The summed E-state index contributed by atoms with van der Waals surface area (Å²) in [5.41, 5.74) is 1.24. The molecule has 0 saturated carbocycles. The number of rotatable bonds is 5. The summed E-state index contributed by atoms with van der Waals surface area (Å²) < 4.78 is 5.53. The van der Waals surface area contributed by atoms with Crippen molar-refractivity contribution in [2.24, 2.45) is 0 Å². The maximum atomic E-state index is 13.0. The molecule has 2 aliphatic rings. The zero-order chi connectivity index (χ0) is 17.1. The lowest BCUT2D eigenvalue weighted by Crippen LogP contribution is -2.43. The molecule has 0 spiro atoms. The van der Waals surface area contributed by atoms with Gasteiger partial charge in [0.1, 0.15) is 5.69 Å². The Balaban J connectivity index is 1.78. The van der Waals surface area contributed by atoms with Crippen LogP contribution in [0.4, 0.5) is 5.95 Å². The highest BCUT2D eigenvalue weighted by atomic mass is 16.5. The average Bonchev–Trinajstić information content (AvgIpc) is 3.23. The number of likely N-dealkylation sites (tertiary alicyclic amines) is 2. The van der Waals surface area contributed by atoms with E-state index in [1.54, 1.807) is 20.2 Å². The predicted octanol–water partition coefficient (Wildman–Crippen LogP) is 1.15. The second-order valence-electron chi connectivity index (χ2n) is 6.68. The Morgan fingerprint density at radius 3 is 2.79 bits per heavy atom. The van der Waals surface area contributed by atoms with Crippen LogP contribution in [-0.4, -0.2) is 78.2 Å². The molecule has 24 heavy (non-hydrogen) atoms. The largest absolute Gasteiger partial charge is 0.380 e. The monoisotopic (exact) mass is 333 g/mol. The van der Waals surface area contributed by atoms with Crippen molar-refractivity contribution in [1.29, 1.82) is 0 Å². The lowest BCUT2D eigenvalue weighted by atomic mass is 10.2. The molecular formula is C17H27N5O2. The number of hydrogen-bond donors (Lipinski definition) is 1. The van der Waals surface area contributed by atoms with E-state index in [0.717, 1.165) is 31.7 Å². The lowest BCUT2D eigenvalue weighted by Gasteiger charge is -2.28. The number of amides is 1. The number of hydrogen-bond acceptors (Lipinski definition) is 6. The summed E-state index contributed by atoms with van der Waals surface area (Å²) >= 11 is 0. The summed E-state index contributed by atoms with van der Waals surface area (Å²) in [5.74, 6) is 0.456. The number of carbonyl (C=O) groups is 1. The first-order valence-corrected chi connectivity index (χ1v) is 8.70. The van der Waals surface area contributed by atoms with Gasteiger partial charge in [-0.2, -0.15) is 0 Å². The Bertz CT molecular complexity index is 588. The van der Waals surface area contributed by atoms with Crippen molar-refractivity contribution in [3.63, 3.8) is 0 Å². The van der Waals surface area contributed by atoms with Crippen LogP contribution in [-0.2, 0) is 4.74 Å². The number of ether oxygens (including phenoxy) is 1. The van der Waals surface area contributed by atoms with Crippen LogP contribution in [0.1, 0.15) is 35.4 Å². The molecule has 1 aromatic heterocycles. The molecule has 0 aromatic carbocycles. The molecule has 2 fully saturated rings. The van der Waals surface area contributed by atoms with E-state index in [4.69, 9.17) is 4.74 Å². The minimum absolute atomic E-state index is 0.0271. The molecule has 0 bridgehead atoms. The number of nitrogens with one attached hydrogen (secondary N) is 1. The van der Waals surface area contributed by atoms with Gasteiger partial charge in [-0.3, -0.25) is 4.79 Å². The van der Waals surface area contributed by atoms with E-state index >= 15 is 0 Å². The van der Waals surface area contributed by atoms with E-state index in [0.29, 0.717) is 18.2 Å². The fraction of sp³-hybridized carbons (Fsp3) is 0.706. The minimum Gasteiger partial charge on any atom is -0.380 e. The fourth-order valence-electron chi connectivity index (χ4n) is 3.67. The van der Waals surface area contributed by atoms with Crippen LogP contribution in [0.15, 0.2) is 6.07 Å². The van der Waals surface area contributed by atoms with Crippen molar-refractivity contribution in [1.82, 2.24) is 19.8 Å². The van der Waals surface area contributed by atoms with Gasteiger partial charge in [-0.15, -0.1) is 0 Å². The number of nitrogens with zero attached hydrogens (tertiary/aromatic N) is 4. The molecule has 132 valence electrons. The van der Waals surface area contributed by atoms with Crippen LogP contribution in [0.2, 0.25) is 0 Å². The number of methoxy groups -OCH3 is 1. The van der Waals surface area contributed by atoms with Gasteiger partial charge in [0.2, 0.25) is 5.95 Å². The molecule has 1 aromatic rings. The maximum Gasteiger partial charge on any atom is 0.273 e. The third-order valence-electron chi connectivity index (χ3n) is 4.93. The molecule has 1 amide bonds. The first-order chi connectivity index (χ1) is 11.6. The molecule has 0 radical (unpaired) electrons. The average molecular weight is 333 g/mol. The molecule has 0 unspecified atom stereocenters. The Kier molecular flexibility index (Phi) is 5.30. The van der Waals surface area contributed by atoms with Crippen molar-refractivity contribution in [2.45, 2.75) is 38.3 Å². The van der Waals surface area contributed by atoms with Gasteiger partial charge in [0.15, 0.2) is 0 Å². The van der Waals surface area contributed by atoms with Crippen LogP contribution < -0.4 is 5.32 Å². The Morgan fingerprint density at radius 2 is 2.12 bits per heavy atom. The van der Waals surface area contributed by atoms with E-state index in [9.17, 15) is 4.79 Å². The first-order valence-electron chi connectivity index (χ1n) is 8.70. The van der Waals surface area contributed by atoms with E-state index < -0.39 is 0 Å². The number of aryl methyl sites for hydroxylation is 1. The SMILES string of the molecule is CNc1nc(C)cc(C(=O)N2C[C@@H](OC)C[C@H]2CN2CCCC2)n1. The summed E-state index contributed by atoms with van der Waals surface area (Å²) in [6.07, 6.45) is 3.51. The molecule has 3 rings (SSSR count). The molecule has 7 heteroatoms. The molecular weight excluding hydrogens is 306 g/mol. The normalized spacial score (nSPS) is 24.5. The standard InChI is InChI=1S/C17H27N5O2/c1-12-8-15(20-17(18-2)19-12)16(23)22-11-14(24-3)9-13(22)10-21-6-4-5-7-21/h8,13-14H,4-7,9-11H2,1-3H3,(H,18,19,20)/t13-,14-/m0/s1. The van der Waals surface area contributed by atoms with Crippen molar-refractivity contribution in [3.8, 4) is 0 Å². The van der Waals surface area contributed by atoms with Crippen LogP contribution in [0.3, 0.4) is 0 Å². The van der Waals surface area contributed by atoms with Gasteiger partial charge in [0.25, 0.3) is 5.91 Å². The Labute approximate surface area is 143 Å². The molecule has 7 nitrogen and oxygen atoms in total. The fourth-order valence-corrected chi connectivity index (χ4v) is 3.67. The van der Waals surface area contributed by atoms with Crippen molar-refractivity contribution >= 4 is 11.9 Å².